The Morgan fingerprint density at radius 1 is 1.42 bits per heavy atom. The average Bonchev–Trinajstić information content (AvgIpc) is 3.19. The Morgan fingerprint density at radius 3 is 2.83 bits per heavy atom. The lowest BCUT2D eigenvalue weighted by atomic mass is 9.97. The standard InChI is InChI=1S/C17H27N5OS/c1-12-14(24-11-18-12)10-21(5)8-13-6-7-22(9-13)16-19-15(23-20-16)17(2,3)4/h11,13H,6-10H2,1-5H3. The van der Waals surface area contributed by atoms with E-state index in [2.05, 4.69) is 59.7 Å². The maximum absolute atomic E-state index is 5.42. The van der Waals surface area contributed by atoms with E-state index in [-0.39, 0.29) is 5.41 Å². The molecule has 7 heteroatoms. The summed E-state index contributed by atoms with van der Waals surface area (Å²) in [6, 6.07) is 0. The van der Waals surface area contributed by atoms with E-state index in [1.54, 1.807) is 11.3 Å². The predicted molar refractivity (Wildman–Crippen MR) is 96.5 cm³/mol. The topological polar surface area (TPSA) is 58.3 Å². The molecular formula is C17H27N5OS. The fourth-order valence-corrected chi connectivity index (χ4v) is 3.90. The van der Waals surface area contributed by atoms with Crippen LogP contribution in [0.5, 0.6) is 0 Å². The van der Waals surface area contributed by atoms with Gasteiger partial charge in [0, 0.05) is 36.5 Å². The number of aryl methyl sites for hydroxylation is 1. The van der Waals surface area contributed by atoms with Crippen molar-refractivity contribution in [3.8, 4) is 0 Å². The lowest BCUT2D eigenvalue weighted by molar-refractivity contribution is 0.281. The third kappa shape index (κ3) is 3.95. The summed E-state index contributed by atoms with van der Waals surface area (Å²) in [6.45, 7) is 12.4. The van der Waals surface area contributed by atoms with Gasteiger partial charge in [0.15, 0.2) is 0 Å². The Kier molecular flexibility index (Phi) is 4.92. The molecule has 0 N–H and O–H groups in total. The minimum Gasteiger partial charge on any atom is -0.338 e. The minimum atomic E-state index is -0.100. The summed E-state index contributed by atoms with van der Waals surface area (Å²) >= 11 is 1.74. The molecule has 0 aromatic carbocycles. The van der Waals surface area contributed by atoms with E-state index >= 15 is 0 Å². The third-order valence-electron chi connectivity index (χ3n) is 4.45. The number of hydrogen-bond donors (Lipinski definition) is 0. The number of hydrogen-bond acceptors (Lipinski definition) is 7. The summed E-state index contributed by atoms with van der Waals surface area (Å²) in [6.07, 6.45) is 1.17. The van der Waals surface area contributed by atoms with Crippen molar-refractivity contribution in [1.29, 1.82) is 0 Å². The summed E-state index contributed by atoms with van der Waals surface area (Å²) in [5, 5.41) is 4.17. The molecule has 6 nitrogen and oxygen atoms in total. The fraction of sp³-hybridized carbons (Fsp3) is 0.706. The molecular weight excluding hydrogens is 322 g/mol. The van der Waals surface area contributed by atoms with Crippen molar-refractivity contribution >= 4 is 17.3 Å². The second-order valence-electron chi connectivity index (χ2n) is 7.81. The van der Waals surface area contributed by atoms with Gasteiger partial charge in [0.05, 0.1) is 11.2 Å². The van der Waals surface area contributed by atoms with Crippen molar-refractivity contribution < 1.29 is 4.52 Å². The van der Waals surface area contributed by atoms with E-state index < -0.39 is 0 Å². The summed E-state index contributed by atoms with van der Waals surface area (Å²) in [5.74, 6) is 2.09. The first-order valence-electron chi connectivity index (χ1n) is 8.49. The normalized spacial score (nSPS) is 18.8. The first kappa shape index (κ1) is 17.4. The summed E-state index contributed by atoms with van der Waals surface area (Å²) in [4.78, 5) is 14.9. The van der Waals surface area contributed by atoms with E-state index in [9.17, 15) is 0 Å². The van der Waals surface area contributed by atoms with E-state index in [0.29, 0.717) is 11.8 Å². The molecule has 0 spiro atoms. The molecule has 2 aromatic heterocycles. The second kappa shape index (κ2) is 6.80. The van der Waals surface area contributed by atoms with Crippen LogP contribution in [0, 0.1) is 12.8 Å². The summed E-state index contributed by atoms with van der Waals surface area (Å²) in [7, 11) is 2.19. The smallest absolute Gasteiger partial charge is 0.266 e. The number of thiazole rings is 1. The van der Waals surface area contributed by atoms with Crippen LogP contribution in [0.3, 0.4) is 0 Å². The van der Waals surface area contributed by atoms with Gasteiger partial charge in [-0.05, 0) is 31.5 Å². The molecule has 3 heterocycles. The first-order valence-corrected chi connectivity index (χ1v) is 9.37. The van der Waals surface area contributed by atoms with Crippen molar-refractivity contribution in [3.63, 3.8) is 0 Å². The monoisotopic (exact) mass is 349 g/mol. The molecule has 2 aromatic rings. The van der Waals surface area contributed by atoms with E-state index in [0.717, 1.165) is 37.8 Å². The van der Waals surface area contributed by atoms with Gasteiger partial charge in [-0.1, -0.05) is 20.8 Å². The molecule has 3 rings (SSSR count). The lowest BCUT2D eigenvalue weighted by Crippen LogP contribution is -2.28. The van der Waals surface area contributed by atoms with Gasteiger partial charge in [-0.3, -0.25) is 0 Å². The molecule has 1 atom stereocenters. The second-order valence-corrected chi connectivity index (χ2v) is 8.75. The highest BCUT2D eigenvalue weighted by Gasteiger charge is 2.29. The molecule has 0 amide bonds. The number of rotatable bonds is 5. The highest BCUT2D eigenvalue weighted by Crippen LogP contribution is 2.26. The van der Waals surface area contributed by atoms with Gasteiger partial charge in [0.25, 0.3) is 5.95 Å². The van der Waals surface area contributed by atoms with E-state index in [4.69, 9.17) is 4.52 Å². The molecule has 0 aliphatic carbocycles. The van der Waals surface area contributed by atoms with Crippen LogP contribution in [0.2, 0.25) is 0 Å². The van der Waals surface area contributed by atoms with Crippen molar-refractivity contribution in [2.45, 2.75) is 46.1 Å². The van der Waals surface area contributed by atoms with Crippen LogP contribution in [0.1, 0.15) is 43.7 Å². The van der Waals surface area contributed by atoms with Crippen LogP contribution in [0.25, 0.3) is 0 Å². The van der Waals surface area contributed by atoms with Crippen molar-refractivity contribution in [1.82, 2.24) is 20.0 Å². The largest absolute Gasteiger partial charge is 0.338 e. The highest BCUT2D eigenvalue weighted by molar-refractivity contribution is 7.09. The maximum Gasteiger partial charge on any atom is 0.266 e. The zero-order valence-electron chi connectivity index (χ0n) is 15.2. The van der Waals surface area contributed by atoms with Crippen LogP contribution in [0.4, 0.5) is 5.95 Å². The van der Waals surface area contributed by atoms with Crippen LogP contribution in [0.15, 0.2) is 10.0 Å². The number of aromatic nitrogens is 3. The molecule has 0 bridgehead atoms. The molecule has 24 heavy (non-hydrogen) atoms. The molecule has 1 unspecified atom stereocenters. The Balaban J connectivity index is 1.53. The Morgan fingerprint density at radius 2 is 2.21 bits per heavy atom. The van der Waals surface area contributed by atoms with Gasteiger partial charge in [-0.25, -0.2) is 4.98 Å². The van der Waals surface area contributed by atoms with Crippen molar-refractivity contribution in [2.75, 3.05) is 31.6 Å². The molecule has 1 saturated heterocycles. The molecule has 132 valence electrons. The summed E-state index contributed by atoms with van der Waals surface area (Å²) < 4.78 is 5.42. The first-order chi connectivity index (χ1) is 11.3. The fourth-order valence-electron chi connectivity index (χ4n) is 3.04. The highest BCUT2D eigenvalue weighted by atomic mass is 32.1. The Labute approximate surface area is 147 Å². The van der Waals surface area contributed by atoms with Gasteiger partial charge in [0.1, 0.15) is 0 Å². The third-order valence-corrected chi connectivity index (χ3v) is 5.37. The van der Waals surface area contributed by atoms with Crippen molar-refractivity contribution in [3.05, 3.63) is 22.0 Å². The quantitative estimate of drug-likeness (QED) is 0.827. The van der Waals surface area contributed by atoms with Crippen LogP contribution in [-0.4, -0.2) is 46.7 Å². The van der Waals surface area contributed by atoms with Gasteiger partial charge in [0.2, 0.25) is 5.89 Å². The summed E-state index contributed by atoms with van der Waals surface area (Å²) in [5.41, 5.74) is 2.98. The minimum absolute atomic E-state index is 0.100. The maximum atomic E-state index is 5.42. The zero-order valence-corrected chi connectivity index (χ0v) is 16.1. The molecule has 1 aliphatic rings. The van der Waals surface area contributed by atoms with Crippen LogP contribution in [-0.2, 0) is 12.0 Å². The van der Waals surface area contributed by atoms with Crippen LogP contribution < -0.4 is 4.90 Å². The average molecular weight is 350 g/mol. The van der Waals surface area contributed by atoms with Crippen LogP contribution >= 0.6 is 11.3 Å². The predicted octanol–water partition coefficient (Wildman–Crippen LogP) is 3.09. The molecule has 0 radical (unpaired) electrons. The van der Waals surface area contributed by atoms with E-state index in [1.807, 2.05) is 5.51 Å². The van der Waals surface area contributed by atoms with Gasteiger partial charge in [-0.15, -0.1) is 11.3 Å². The SMILES string of the molecule is Cc1ncsc1CN(C)CC1CCN(c2noc(C(C)(C)C)n2)C1. The molecule has 1 aliphatic heterocycles. The van der Waals surface area contributed by atoms with Gasteiger partial charge < -0.3 is 14.3 Å². The van der Waals surface area contributed by atoms with Crippen molar-refractivity contribution in [2.24, 2.45) is 5.92 Å². The Hall–Kier alpha value is -1.47. The molecule has 1 fully saturated rings. The van der Waals surface area contributed by atoms with Gasteiger partial charge >= 0.3 is 0 Å². The lowest BCUT2D eigenvalue weighted by Gasteiger charge is -2.20. The zero-order chi connectivity index (χ0) is 17.3. The molecule has 0 saturated carbocycles. The number of nitrogens with zero attached hydrogens (tertiary/aromatic N) is 5. The van der Waals surface area contributed by atoms with E-state index in [1.165, 1.54) is 11.3 Å². The Bertz CT molecular complexity index is 675. The number of anilines is 1. The van der Waals surface area contributed by atoms with Gasteiger partial charge in [-0.2, -0.15) is 4.98 Å².